The third-order valence-electron chi connectivity index (χ3n) is 8.32. The minimum Gasteiger partial charge on any atom is -0.481 e. The van der Waals surface area contributed by atoms with Crippen LogP contribution in [0.25, 0.3) is 0 Å². The Balaban J connectivity index is 1.76. The number of anilines is 3. The molecule has 1 amide bonds. The van der Waals surface area contributed by atoms with Gasteiger partial charge in [0.15, 0.2) is 0 Å². The van der Waals surface area contributed by atoms with Crippen molar-refractivity contribution in [1.82, 2.24) is 9.97 Å². The first-order chi connectivity index (χ1) is 23.4. The molecule has 4 rings (SSSR count). The number of carboxylic acids is 1. The summed E-state index contributed by atoms with van der Waals surface area (Å²) in [4.78, 5) is 36.1. The largest absolute Gasteiger partial charge is 0.481 e. The lowest BCUT2D eigenvalue weighted by Gasteiger charge is -2.40. The fourth-order valence-corrected chi connectivity index (χ4v) is 5.49. The zero-order valence-corrected chi connectivity index (χ0v) is 27.9. The van der Waals surface area contributed by atoms with Gasteiger partial charge in [-0.05, 0) is 74.2 Å². The molecule has 3 aromatic rings. The van der Waals surface area contributed by atoms with Crippen LogP contribution in [-0.4, -0.2) is 53.9 Å². The molecule has 0 aliphatic carbocycles. The van der Waals surface area contributed by atoms with E-state index in [0.717, 1.165) is 23.1 Å². The molecule has 2 heterocycles. The van der Waals surface area contributed by atoms with Crippen molar-refractivity contribution in [2.45, 2.75) is 70.6 Å². The van der Waals surface area contributed by atoms with Crippen molar-refractivity contribution in [3.05, 3.63) is 76.1 Å². The van der Waals surface area contributed by atoms with Crippen molar-refractivity contribution in [1.29, 1.82) is 0 Å². The summed E-state index contributed by atoms with van der Waals surface area (Å²) in [6.07, 6.45) is -14.9. The van der Waals surface area contributed by atoms with Crippen LogP contribution in [0.5, 0.6) is 0 Å². The molecule has 0 saturated heterocycles. The predicted molar refractivity (Wildman–Crippen MR) is 167 cm³/mol. The van der Waals surface area contributed by atoms with E-state index in [9.17, 15) is 54.2 Å². The zero-order valence-electron chi connectivity index (χ0n) is 27.9. The lowest BCUT2D eigenvalue weighted by molar-refractivity contribution is -0.149. The smallest absolute Gasteiger partial charge is 0.416 e. The molecule has 0 radical (unpaired) electrons. The third kappa shape index (κ3) is 8.94. The summed E-state index contributed by atoms with van der Waals surface area (Å²) in [5, 5.41) is 12.4. The minimum absolute atomic E-state index is 0.00922. The molecule has 0 bridgehead atoms. The summed E-state index contributed by atoms with van der Waals surface area (Å²) in [6.45, 7) is 3.84. The number of nitrogens with zero attached hydrogens (tertiary/aromatic N) is 4. The summed E-state index contributed by atoms with van der Waals surface area (Å²) < 4.78 is 128. The van der Waals surface area contributed by atoms with Gasteiger partial charge in [-0.3, -0.25) is 9.69 Å². The van der Waals surface area contributed by atoms with Gasteiger partial charge >= 0.3 is 30.6 Å². The van der Waals surface area contributed by atoms with Gasteiger partial charge in [0, 0.05) is 26.6 Å². The number of benzene rings is 2. The van der Waals surface area contributed by atoms with Gasteiger partial charge < -0.3 is 20.1 Å². The van der Waals surface area contributed by atoms with E-state index in [-0.39, 0.29) is 53.1 Å². The monoisotopic (exact) mass is 735 g/mol. The Morgan fingerprint density at radius 1 is 0.941 bits per heavy atom. The van der Waals surface area contributed by atoms with Crippen molar-refractivity contribution in [3.63, 3.8) is 0 Å². The van der Waals surface area contributed by atoms with Crippen molar-refractivity contribution in [2.24, 2.45) is 5.41 Å². The maximum Gasteiger partial charge on any atom is 0.416 e. The second-order valence-corrected chi connectivity index (χ2v) is 12.9. The van der Waals surface area contributed by atoms with Crippen molar-refractivity contribution in [2.75, 3.05) is 35.8 Å². The number of carbonyl (C=O) groups excluding carboxylic acids is 1. The molecule has 278 valence electrons. The number of hydrogen-bond acceptors (Lipinski definition) is 7. The van der Waals surface area contributed by atoms with Crippen LogP contribution < -0.4 is 15.1 Å². The van der Waals surface area contributed by atoms with Gasteiger partial charge in [0.1, 0.15) is 6.61 Å². The first-order valence-corrected chi connectivity index (χ1v) is 15.4. The number of hydrogen-bond donors (Lipinski definition) is 2. The summed E-state index contributed by atoms with van der Waals surface area (Å²) in [7, 11) is 3.10. The number of amides is 1. The van der Waals surface area contributed by atoms with Crippen molar-refractivity contribution in [3.8, 4) is 0 Å². The standard InChI is InChI=1S/C33H34F9N5O4/c1-6-21-14-23(22-13-18(31(34,35)36)7-8-25(22)47(21)29(50)51-16-30(2,3)27(48)49)44-28-43-15-26(46(4)5)24(45-28)11-17-9-19(32(37,38)39)12-20(10-17)33(40,41)42/h7-10,12-13,15,21,23H,6,11,14,16H2,1-5H3,(H,48,49)(H,43,44,45)/t21-,23+/m1/s1. The van der Waals surface area contributed by atoms with E-state index in [1.807, 2.05) is 0 Å². The first-order valence-electron chi connectivity index (χ1n) is 15.4. The second-order valence-electron chi connectivity index (χ2n) is 12.9. The van der Waals surface area contributed by atoms with E-state index < -0.39 is 77.8 Å². The fourth-order valence-electron chi connectivity index (χ4n) is 5.49. The molecule has 0 spiro atoms. The average molecular weight is 736 g/mol. The number of rotatable bonds is 9. The summed E-state index contributed by atoms with van der Waals surface area (Å²) in [6, 6.07) is 2.21. The van der Waals surface area contributed by atoms with Crippen LogP contribution in [0.4, 0.5) is 61.6 Å². The number of aromatic nitrogens is 2. The molecule has 1 aromatic heterocycles. The van der Waals surface area contributed by atoms with Crippen molar-refractivity contribution >= 4 is 29.4 Å². The number of nitrogens with one attached hydrogen (secondary N) is 1. The molecule has 2 atom stereocenters. The van der Waals surface area contributed by atoms with Crippen LogP contribution in [0.2, 0.25) is 0 Å². The molecule has 51 heavy (non-hydrogen) atoms. The Kier molecular flexibility index (Phi) is 10.8. The second kappa shape index (κ2) is 14.1. The lowest BCUT2D eigenvalue weighted by atomic mass is 9.89. The van der Waals surface area contributed by atoms with Gasteiger partial charge in [0.25, 0.3) is 0 Å². The Labute approximate surface area is 286 Å². The summed E-state index contributed by atoms with van der Waals surface area (Å²) in [5.41, 5.74) is -5.59. The number of alkyl halides is 9. The average Bonchev–Trinajstić information content (AvgIpc) is 3.01. The molecule has 2 aromatic carbocycles. The maximum atomic E-state index is 13.9. The van der Waals surface area contributed by atoms with Crippen LogP contribution >= 0.6 is 0 Å². The molecular formula is C33H34F9N5O4. The number of halogens is 9. The molecule has 0 unspecified atom stereocenters. The van der Waals surface area contributed by atoms with Gasteiger partial charge in [-0.1, -0.05) is 6.92 Å². The molecule has 1 aliphatic rings. The summed E-state index contributed by atoms with van der Waals surface area (Å²) >= 11 is 0. The van der Waals surface area contributed by atoms with Crippen LogP contribution in [0.1, 0.15) is 73.2 Å². The van der Waals surface area contributed by atoms with Crippen LogP contribution in [0.3, 0.4) is 0 Å². The fraction of sp³-hybridized carbons (Fsp3) is 0.455. The van der Waals surface area contributed by atoms with Gasteiger partial charge in [-0.15, -0.1) is 0 Å². The number of aliphatic carboxylic acids is 1. The number of carboxylic acid groups (broad SMARTS) is 1. The van der Waals surface area contributed by atoms with Crippen molar-refractivity contribution < 1.29 is 58.9 Å². The molecule has 2 N–H and O–H groups in total. The molecular weight excluding hydrogens is 701 g/mol. The number of fused-ring (bicyclic) bond motifs is 1. The van der Waals surface area contributed by atoms with Crippen LogP contribution in [-0.2, 0) is 34.5 Å². The molecule has 0 saturated carbocycles. The highest BCUT2D eigenvalue weighted by Gasteiger charge is 2.41. The van der Waals surface area contributed by atoms with Crippen LogP contribution in [0.15, 0.2) is 42.6 Å². The van der Waals surface area contributed by atoms with Crippen LogP contribution in [0, 0.1) is 5.41 Å². The Morgan fingerprint density at radius 3 is 2.04 bits per heavy atom. The Morgan fingerprint density at radius 2 is 1.53 bits per heavy atom. The third-order valence-corrected chi connectivity index (χ3v) is 8.32. The highest BCUT2D eigenvalue weighted by molar-refractivity contribution is 5.91. The van der Waals surface area contributed by atoms with E-state index >= 15 is 0 Å². The van der Waals surface area contributed by atoms with E-state index in [1.165, 1.54) is 24.9 Å². The topological polar surface area (TPSA) is 108 Å². The Hall–Kier alpha value is -4.77. The SMILES string of the molecule is CC[C@@H]1C[C@H](Nc2ncc(N(C)C)c(Cc3cc(C(F)(F)F)cc(C(F)(F)F)c3)n2)c2cc(C(F)(F)F)ccc2N1C(=O)OCC(C)(C)C(=O)O. The zero-order chi connectivity index (χ0) is 38.3. The predicted octanol–water partition coefficient (Wildman–Crippen LogP) is 8.58. The molecule has 0 fully saturated rings. The Bertz CT molecular complexity index is 1740. The minimum atomic E-state index is -5.08. The van der Waals surface area contributed by atoms with E-state index in [0.29, 0.717) is 12.1 Å². The van der Waals surface area contributed by atoms with Gasteiger partial charge in [0.05, 0.1) is 51.4 Å². The van der Waals surface area contributed by atoms with E-state index in [2.05, 4.69) is 15.3 Å². The molecule has 1 aliphatic heterocycles. The quantitative estimate of drug-likeness (QED) is 0.211. The van der Waals surface area contributed by atoms with E-state index in [1.54, 1.807) is 21.0 Å². The highest BCUT2D eigenvalue weighted by atomic mass is 19.4. The molecule has 18 heteroatoms. The van der Waals surface area contributed by atoms with Gasteiger partial charge in [-0.2, -0.15) is 39.5 Å². The first kappa shape index (κ1) is 39.0. The van der Waals surface area contributed by atoms with Gasteiger partial charge in [-0.25, -0.2) is 14.8 Å². The van der Waals surface area contributed by atoms with E-state index in [4.69, 9.17) is 4.74 Å². The summed E-state index contributed by atoms with van der Waals surface area (Å²) in [5.74, 6) is -1.44. The molecule has 9 nitrogen and oxygen atoms in total. The number of ether oxygens (including phenoxy) is 1. The number of carbonyl (C=O) groups is 2. The lowest BCUT2D eigenvalue weighted by Crippen LogP contribution is -2.47. The highest BCUT2D eigenvalue weighted by Crippen LogP contribution is 2.43. The maximum absolute atomic E-state index is 13.9. The normalized spacial score (nSPS) is 16.8. The van der Waals surface area contributed by atoms with Gasteiger partial charge in [0.2, 0.25) is 5.95 Å².